The number of nitrogens with one attached hydrogen (secondary N) is 1. The number of benzene rings is 1. The van der Waals surface area contributed by atoms with Crippen LogP contribution in [0.4, 0.5) is 11.5 Å². The van der Waals surface area contributed by atoms with Gasteiger partial charge in [-0.2, -0.15) is 5.10 Å². The number of hydrogen-bond donors (Lipinski definition) is 1. The second kappa shape index (κ2) is 8.26. The number of anilines is 2. The van der Waals surface area contributed by atoms with Crippen molar-refractivity contribution in [2.75, 3.05) is 16.8 Å². The maximum absolute atomic E-state index is 12.6. The van der Waals surface area contributed by atoms with E-state index in [1.165, 1.54) is 0 Å². The quantitative estimate of drug-likeness (QED) is 0.725. The largest absolute Gasteiger partial charge is 0.326 e. The molecule has 0 aliphatic carbocycles. The number of amides is 2. The minimum absolute atomic E-state index is 0.0495. The van der Waals surface area contributed by atoms with Gasteiger partial charge in [-0.1, -0.05) is 18.2 Å². The molecule has 0 unspecified atom stereocenters. The van der Waals surface area contributed by atoms with E-state index in [1.54, 1.807) is 11.1 Å². The lowest BCUT2D eigenvalue weighted by atomic mass is 10.1. The van der Waals surface area contributed by atoms with Crippen molar-refractivity contribution >= 4 is 23.3 Å². The summed E-state index contributed by atoms with van der Waals surface area (Å²) in [6.07, 6.45) is 2.93. The highest BCUT2D eigenvalue weighted by Gasteiger charge is 2.24. The second-order valence-electron chi connectivity index (χ2n) is 7.11. The van der Waals surface area contributed by atoms with Crippen LogP contribution >= 0.6 is 0 Å². The molecule has 2 aromatic heterocycles. The van der Waals surface area contributed by atoms with Gasteiger partial charge in [0.25, 0.3) is 0 Å². The summed E-state index contributed by atoms with van der Waals surface area (Å²) in [5.74, 6) is 0.599. The van der Waals surface area contributed by atoms with Crippen molar-refractivity contribution < 1.29 is 9.59 Å². The molecule has 29 heavy (non-hydrogen) atoms. The van der Waals surface area contributed by atoms with Gasteiger partial charge in [-0.25, -0.2) is 4.68 Å². The predicted molar refractivity (Wildman–Crippen MR) is 111 cm³/mol. The topological polar surface area (TPSA) is 80.1 Å². The maximum Gasteiger partial charge on any atom is 0.228 e. The number of pyridine rings is 1. The van der Waals surface area contributed by atoms with E-state index in [0.717, 1.165) is 35.7 Å². The van der Waals surface area contributed by atoms with E-state index >= 15 is 0 Å². The molecule has 1 aliphatic heterocycles. The Morgan fingerprint density at radius 3 is 2.66 bits per heavy atom. The van der Waals surface area contributed by atoms with Gasteiger partial charge < -0.3 is 5.32 Å². The Hall–Kier alpha value is -3.48. The number of rotatable bonds is 5. The summed E-state index contributed by atoms with van der Waals surface area (Å²) in [6.45, 7) is 3.41. The van der Waals surface area contributed by atoms with Crippen LogP contribution in [0.25, 0.3) is 11.3 Å². The number of carbonyl (C=O) groups is 2. The molecule has 4 rings (SSSR count). The third kappa shape index (κ3) is 4.34. The van der Waals surface area contributed by atoms with Crippen molar-refractivity contribution in [1.82, 2.24) is 14.8 Å². The molecule has 0 saturated heterocycles. The molecule has 0 radical (unpaired) electrons. The number of carbonyl (C=O) groups excluding carboxylic acids is 2. The first-order valence-corrected chi connectivity index (χ1v) is 9.76. The molecule has 0 saturated carbocycles. The number of hydrogen-bond acceptors (Lipinski definition) is 4. The van der Waals surface area contributed by atoms with Crippen molar-refractivity contribution in [3.05, 3.63) is 60.4 Å². The van der Waals surface area contributed by atoms with E-state index in [1.807, 2.05) is 60.1 Å². The zero-order valence-electron chi connectivity index (χ0n) is 16.3. The lowest BCUT2D eigenvalue weighted by Gasteiger charge is -2.27. The Morgan fingerprint density at radius 2 is 1.90 bits per heavy atom. The first-order valence-electron chi connectivity index (χ1n) is 9.76. The molecule has 0 atom stereocenters. The average molecular weight is 389 g/mol. The summed E-state index contributed by atoms with van der Waals surface area (Å²) in [7, 11) is 0. The van der Waals surface area contributed by atoms with Gasteiger partial charge in [0.2, 0.25) is 11.8 Å². The van der Waals surface area contributed by atoms with Crippen LogP contribution in [0.15, 0.2) is 54.7 Å². The van der Waals surface area contributed by atoms with Crippen LogP contribution in [-0.4, -0.2) is 33.1 Å². The fourth-order valence-corrected chi connectivity index (χ4v) is 3.50. The van der Waals surface area contributed by atoms with E-state index in [9.17, 15) is 9.59 Å². The summed E-state index contributed by atoms with van der Waals surface area (Å²) in [6, 6.07) is 15.2. The number of nitrogens with zero attached hydrogens (tertiary/aromatic N) is 4. The summed E-state index contributed by atoms with van der Waals surface area (Å²) in [4.78, 5) is 31.0. The number of fused-ring (bicyclic) bond motifs is 1. The van der Waals surface area contributed by atoms with Crippen LogP contribution in [0.1, 0.15) is 25.0 Å². The predicted octanol–water partition coefficient (Wildman–Crippen LogP) is 3.41. The van der Waals surface area contributed by atoms with Gasteiger partial charge in [-0.05, 0) is 37.6 Å². The van der Waals surface area contributed by atoms with Gasteiger partial charge in [0, 0.05) is 49.4 Å². The minimum Gasteiger partial charge on any atom is -0.326 e. The van der Waals surface area contributed by atoms with Crippen LogP contribution in [0.5, 0.6) is 0 Å². The summed E-state index contributed by atoms with van der Waals surface area (Å²) >= 11 is 0. The van der Waals surface area contributed by atoms with Crippen LogP contribution in [0, 0.1) is 6.92 Å². The molecular weight excluding hydrogens is 366 g/mol. The zero-order valence-corrected chi connectivity index (χ0v) is 16.3. The SMILES string of the molecule is Cc1cc2n(n1)CCCN2C(=O)CCC(=O)Nc1ccc(-c2ccccn2)cc1. The van der Waals surface area contributed by atoms with E-state index in [-0.39, 0.29) is 24.7 Å². The summed E-state index contributed by atoms with van der Waals surface area (Å²) in [5.41, 5.74) is 3.46. The van der Waals surface area contributed by atoms with Crippen LogP contribution < -0.4 is 10.2 Å². The van der Waals surface area contributed by atoms with Gasteiger partial charge in [0.1, 0.15) is 5.82 Å². The molecule has 1 N–H and O–H groups in total. The molecule has 3 heterocycles. The van der Waals surface area contributed by atoms with Crippen molar-refractivity contribution in [2.24, 2.45) is 0 Å². The lowest BCUT2D eigenvalue weighted by molar-refractivity contribution is -0.122. The molecule has 148 valence electrons. The highest BCUT2D eigenvalue weighted by Crippen LogP contribution is 2.23. The molecule has 0 bridgehead atoms. The second-order valence-corrected chi connectivity index (χ2v) is 7.11. The highest BCUT2D eigenvalue weighted by molar-refractivity contribution is 5.97. The summed E-state index contributed by atoms with van der Waals surface area (Å²) in [5, 5.41) is 7.26. The molecule has 2 amide bonds. The third-order valence-corrected chi connectivity index (χ3v) is 4.91. The lowest BCUT2D eigenvalue weighted by Crippen LogP contribution is -2.37. The van der Waals surface area contributed by atoms with Crippen molar-refractivity contribution in [2.45, 2.75) is 32.7 Å². The van der Waals surface area contributed by atoms with Gasteiger partial charge in [0.15, 0.2) is 0 Å². The van der Waals surface area contributed by atoms with E-state index in [4.69, 9.17) is 0 Å². The average Bonchev–Trinajstić information content (AvgIpc) is 3.13. The summed E-state index contributed by atoms with van der Waals surface area (Å²) < 4.78 is 1.86. The number of aromatic nitrogens is 3. The van der Waals surface area contributed by atoms with Crippen molar-refractivity contribution in [3.63, 3.8) is 0 Å². The monoisotopic (exact) mass is 389 g/mol. The Bertz CT molecular complexity index is 1010. The van der Waals surface area contributed by atoms with Gasteiger partial charge in [0.05, 0.1) is 11.4 Å². The zero-order chi connectivity index (χ0) is 20.2. The molecule has 7 heteroatoms. The Balaban J connectivity index is 1.32. The normalized spacial score (nSPS) is 13.1. The molecule has 7 nitrogen and oxygen atoms in total. The minimum atomic E-state index is -0.175. The first kappa shape index (κ1) is 18.9. The highest BCUT2D eigenvalue weighted by atomic mass is 16.2. The Labute approximate surface area is 169 Å². The van der Waals surface area contributed by atoms with Gasteiger partial charge in [-0.3, -0.25) is 19.5 Å². The molecule has 0 fully saturated rings. The van der Waals surface area contributed by atoms with E-state index < -0.39 is 0 Å². The van der Waals surface area contributed by atoms with Crippen LogP contribution in [0.2, 0.25) is 0 Å². The van der Waals surface area contributed by atoms with Crippen molar-refractivity contribution in [1.29, 1.82) is 0 Å². The number of aryl methyl sites for hydroxylation is 2. The van der Waals surface area contributed by atoms with E-state index in [0.29, 0.717) is 12.2 Å². The fraction of sp³-hybridized carbons (Fsp3) is 0.273. The molecule has 3 aromatic rings. The Kier molecular flexibility index (Phi) is 5.37. The standard InChI is InChI=1S/C22H23N5O2/c1-16-15-21-26(13-4-14-27(21)25-16)22(29)11-10-20(28)24-18-8-6-17(7-9-18)19-5-2-3-12-23-19/h2-3,5-9,12,15H,4,10-11,13-14H2,1H3,(H,24,28). The Morgan fingerprint density at radius 1 is 1.07 bits per heavy atom. The van der Waals surface area contributed by atoms with Crippen molar-refractivity contribution in [3.8, 4) is 11.3 Å². The third-order valence-electron chi connectivity index (χ3n) is 4.91. The fourth-order valence-electron chi connectivity index (χ4n) is 3.50. The molecule has 0 spiro atoms. The maximum atomic E-state index is 12.6. The van der Waals surface area contributed by atoms with E-state index in [2.05, 4.69) is 15.4 Å². The van der Waals surface area contributed by atoms with Gasteiger partial charge in [-0.15, -0.1) is 0 Å². The van der Waals surface area contributed by atoms with Crippen LogP contribution in [0.3, 0.4) is 0 Å². The van der Waals surface area contributed by atoms with Crippen LogP contribution in [-0.2, 0) is 16.1 Å². The molecule has 1 aliphatic rings. The first-order chi connectivity index (χ1) is 14.1. The van der Waals surface area contributed by atoms with Gasteiger partial charge >= 0.3 is 0 Å². The molecular formula is C22H23N5O2. The molecule has 1 aromatic carbocycles. The smallest absolute Gasteiger partial charge is 0.228 e.